The zero-order valence-electron chi connectivity index (χ0n) is 12.3. The van der Waals surface area contributed by atoms with Crippen molar-refractivity contribution in [2.45, 2.75) is 32.2 Å². The highest BCUT2D eigenvalue weighted by molar-refractivity contribution is 9.10. The number of likely N-dealkylation sites (tertiary alicyclic amines) is 1. The summed E-state index contributed by atoms with van der Waals surface area (Å²) in [7, 11) is 2.05. The van der Waals surface area contributed by atoms with E-state index in [1.54, 1.807) is 0 Å². The summed E-state index contributed by atoms with van der Waals surface area (Å²) in [6.45, 7) is 5.63. The Morgan fingerprint density at radius 1 is 1.40 bits per heavy atom. The van der Waals surface area contributed by atoms with Crippen LogP contribution in [0.25, 0.3) is 0 Å². The summed E-state index contributed by atoms with van der Waals surface area (Å²) >= 11 is 9.71. The van der Waals surface area contributed by atoms with Gasteiger partial charge < -0.3 is 5.32 Å². The van der Waals surface area contributed by atoms with Gasteiger partial charge in [0.2, 0.25) is 0 Å². The van der Waals surface area contributed by atoms with Crippen LogP contribution in [0.5, 0.6) is 0 Å². The minimum atomic E-state index is 0.489. The number of benzene rings is 1. The number of rotatable bonds is 4. The van der Waals surface area contributed by atoms with Gasteiger partial charge in [0, 0.05) is 10.5 Å². The van der Waals surface area contributed by atoms with E-state index in [1.165, 1.54) is 31.4 Å². The Labute approximate surface area is 136 Å². The minimum absolute atomic E-state index is 0.489. The molecule has 1 aliphatic rings. The van der Waals surface area contributed by atoms with Crippen LogP contribution in [-0.4, -0.2) is 31.6 Å². The molecule has 1 heterocycles. The quantitative estimate of drug-likeness (QED) is 0.852. The lowest BCUT2D eigenvalue weighted by atomic mass is 9.89. The monoisotopic (exact) mass is 358 g/mol. The predicted molar refractivity (Wildman–Crippen MR) is 90.4 cm³/mol. The number of nitrogens with zero attached hydrogens (tertiary/aromatic N) is 1. The van der Waals surface area contributed by atoms with Gasteiger partial charge in [-0.1, -0.05) is 31.0 Å². The SMILES string of the molecule is CCN1CCCCC(CNC)C1c1ccc(Cl)c(Br)c1. The molecule has 2 unspecified atom stereocenters. The summed E-state index contributed by atoms with van der Waals surface area (Å²) in [6, 6.07) is 6.89. The van der Waals surface area contributed by atoms with Crippen molar-refractivity contribution >= 4 is 27.5 Å². The van der Waals surface area contributed by atoms with Crippen molar-refractivity contribution in [3.8, 4) is 0 Å². The first-order chi connectivity index (χ1) is 9.67. The van der Waals surface area contributed by atoms with E-state index < -0.39 is 0 Å². The lowest BCUT2D eigenvalue weighted by Crippen LogP contribution is -2.36. The van der Waals surface area contributed by atoms with E-state index in [0.29, 0.717) is 12.0 Å². The van der Waals surface area contributed by atoms with Gasteiger partial charge in [-0.3, -0.25) is 4.90 Å². The van der Waals surface area contributed by atoms with Crippen LogP contribution in [0.4, 0.5) is 0 Å². The van der Waals surface area contributed by atoms with Gasteiger partial charge in [0.05, 0.1) is 5.02 Å². The standard InChI is InChI=1S/C16H24BrClN2/c1-3-20-9-5-4-6-13(11-19-2)16(20)12-7-8-15(18)14(17)10-12/h7-8,10,13,16,19H,3-6,9,11H2,1-2H3. The van der Waals surface area contributed by atoms with Crippen LogP contribution in [0.2, 0.25) is 5.02 Å². The Hall–Kier alpha value is -0.0900. The molecule has 1 aromatic rings. The van der Waals surface area contributed by atoms with Gasteiger partial charge >= 0.3 is 0 Å². The summed E-state index contributed by atoms with van der Waals surface area (Å²) in [5, 5.41) is 4.16. The van der Waals surface area contributed by atoms with Crippen LogP contribution in [0.3, 0.4) is 0 Å². The minimum Gasteiger partial charge on any atom is -0.319 e. The predicted octanol–water partition coefficient (Wildman–Crippen LogP) is 4.49. The molecule has 1 aromatic carbocycles. The Morgan fingerprint density at radius 2 is 2.20 bits per heavy atom. The van der Waals surface area contributed by atoms with E-state index in [9.17, 15) is 0 Å². The zero-order valence-corrected chi connectivity index (χ0v) is 14.7. The van der Waals surface area contributed by atoms with Crippen molar-refractivity contribution in [2.24, 2.45) is 5.92 Å². The van der Waals surface area contributed by atoms with Crippen molar-refractivity contribution in [1.82, 2.24) is 10.2 Å². The Bertz CT molecular complexity index is 438. The molecule has 112 valence electrons. The normalized spacial score (nSPS) is 24.6. The molecule has 1 N–H and O–H groups in total. The molecular weight excluding hydrogens is 336 g/mol. The van der Waals surface area contributed by atoms with Crippen LogP contribution >= 0.6 is 27.5 Å². The van der Waals surface area contributed by atoms with E-state index in [-0.39, 0.29) is 0 Å². The molecular formula is C16H24BrClN2. The number of hydrogen-bond donors (Lipinski definition) is 1. The van der Waals surface area contributed by atoms with E-state index in [2.05, 4.69) is 52.3 Å². The highest BCUT2D eigenvalue weighted by Gasteiger charge is 2.30. The second-order valence-corrected chi connectivity index (χ2v) is 6.82. The van der Waals surface area contributed by atoms with Crippen LogP contribution in [0.15, 0.2) is 22.7 Å². The summed E-state index contributed by atoms with van der Waals surface area (Å²) < 4.78 is 1.00. The van der Waals surface area contributed by atoms with Gasteiger partial charge in [-0.2, -0.15) is 0 Å². The zero-order chi connectivity index (χ0) is 14.5. The largest absolute Gasteiger partial charge is 0.319 e. The maximum Gasteiger partial charge on any atom is 0.0548 e. The molecule has 2 atom stereocenters. The van der Waals surface area contributed by atoms with Gasteiger partial charge in [-0.15, -0.1) is 0 Å². The third kappa shape index (κ3) is 3.76. The third-order valence-electron chi connectivity index (χ3n) is 4.27. The van der Waals surface area contributed by atoms with E-state index in [1.807, 2.05) is 6.07 Å². The molecule has 1 aliphatic heterocycles. The molecule has 2 rings (SSSR count). The average molecular weight is 360 g/mol. The maximum atomic E-state index is 6.15. The molecule has 4 heteroatoms. The van der Waals surface area contributed by atoms with Crippen molar-refractivity contribution in [3.05, 3.63) is 33.3 Å². The fraction of sp³-hybridized carbons (Fsp3) is 0.625. The van der Waals surface area contributed by atoms with E-state index >= 15 is 0 Å². The number of halogens is 2. The molecule has 1 fully saturated rings. The number of hydrogen-bond acceptors (Lipinski definition) is 2. The lowest BCUT2D eigenvalue weighted by molar-refractivity contribution is 0.162. The topological polar surface area (TPSA) is 15.3 Å². The first-order valence-corrected chi connectivity index (χ1v) is 8.68. The molecule has 0 aromatic heterocycles. The Kier molecular flexibility index (Phi) is 6.34. The lowest BCUT2D eigenvalue weighted by Gasteiger charge is -2.35. The molecule has 0 spiro atoms. The van der Waals surface area contributed by atoms with Gasteiger partial charge in [0.1, 0.15) is 0 Å². The van der Waals surface area contributed by atoms with Gasteiger partial charge in [-0.25, -0.2) is 0 Å². The average Bonchev–Trinajstić information content (AvgIpc) is 2.64. The Morgan fingerprint density at radius 3 is 2.85 bits per heavy atom. The highest BCUT2D eigenvalue weighted by atomic mass is 79.9. The van der Waals surface area contributed by atoms with Crippen molar-refractivity contribution in [1.29, 1.82) is 0 Å². The first kappa shape index (κ1) is 16.3. The van der Waals surface area contributed by atoms with E-state index in [4.69, 9.17) is 11.6 Å². The molecule has 0 aliphatic carbocycles. The summed E-state index contributed by atoms with van der Waals surface area (Å²) in [5.74, 6) is 0.663. The fourth-order valence-electron chi connectivity index (χ4n) is 3.33. The molecule has 0 bridgehead atoms. The highest BCUT2D eigenvalue weighted by Crippen LogP contribution is 2.37. The molecule has 20 heavy (non-hydrogen) atoms. The van der Waals surface area contributed by atoms with Crippen LogP contribution < -0.4 is 5.32 Å². The third-order valence-corrected chi connectivity index (χ3v) is 5.48. The summed E-state index contributed by atoms with van der Waals surface area (Å²) in [5.41, 5.74) is 1.38. The van der Waals surface area contributed by atoms with Gasteiger partial charge in [-0.05, 0) is 79.1 Å². The molecule has 0 saturated carbocycles. The van der Waals surface area contributed by atoms with Crippen LogP contribution in [0.1, 0.15) is 37.8 Å². The first-order valence-electron chi connectivity index (χ1n) is 7.51. The van der Waals surface area contributed by atoms with Crippen molar-refractivity contribution in [3.63, 3.8) is 0 Å². The van der Waals surface area contributed by atoms with E-state index in [0.717, 1.165) is 22.6 Å². The molecule has 0 amide bonds. The van der Waals surface area contributed by atoms with Crippen molar-refractivity contribution < 1.29 is 0 Å². The second kappa shape index (κ2) is 7.79. The van der Waals surface area contributed by atoms with Crippen LogP contribution in [0, 0.1) is 5.92 Å². The molecule has 2 nitrogen and oxygen atoms in total. The molecule has 1 saturated heterocycles. The maximum absolute atomic E-state index is 6.15. The smallest absolute Gasteiger partial charge is 0.0548 e. The van der Waals surface area contributed by atoms with Gasteiger partial charge in [0.15, 0.2) is 0 Å². The second-order valence-electron chi connectivity index (χ2n) is 5.56. The molecule has 0 radical (unpaired) electrons. The summed E-state index contributed by atoms with van der Waals surface area (Å²) in [6.07, 6.45) is 3.93. The van der Waals surface area contributed by atoms with Gasteiger partial charge in [0.25, 0.3) is 0 Å². The summed E-state index contributed by atoms with van der Waals surface area (Å²) in [4.78, 5) is 2.62. The fourth-order valence-corrected chi connectivity index (χ4v) is 3.84. The van der Waals surface area contributed by atoms with Crippen molar-refractivity contribution in [2.75, 3.05) is 26.7 Å². The number of nitrogens with one attached hydrogen (secondary N) is 1. The Balaban J connectivity index is 2.34. The van der Waals surface area contributed by atoms with Crippen LogP contribution in [-0.2, 0) is 0 Å².